The minimum absolute atomic E-state index is 0. The van der Waals surface area contributed by atoms with Gasteiger partial charge in [-0.2, -0.15) is 25.3 Å². The molecule has 0 aliphatic rings. The third-order valence-corrected chi connectivity index (χ3v) is 4.82. The molecular weight excluding hydrogens is 506 g/mol. The molecule has 2 unspecified atom stereocenters. The Morgan fingerprint density at radius 1 is 0.778 bits per heavy atom. The van der Waals surface area contributed by atoms with Gasteiger partial charge in [0.25, 0.3) is 0 Å². The number of ether oxygens (including phenoxy) is 2. The molecule has 0 spiro atoms. The quantitative estimate of drug-likeness (QED) is 0.178. The van der Waals surface area contributed by atoms with Crippen molar-refractivity contribution >= 4 is 86.1 Å². The van der Waals surface area contributed by atoms with Crippen LogP contribution in [0.5, 0.6) is 0 Å². The number of unbranched alkanes of at least 4 members (excludes halogenated alkanes) is 2. The molecule has 160 valence electrons. The first-order valence-corrected chi connectivity index (χ1v) is 11.3. The topological polar surface area (TPSA) is 52.6 Å². The number of rotatable bonds is 14. The predicted octanol–water partition coefficient (Wildman–Crippen LogP) is 5.20. The van der Waals surface area contributed by atoms with Crippen molar-refractivity contribution in [3.63, 3.8) is 0 Å². The van der Waals surface area contributed by atoms with Crippen molar-refractivity contribution in [2.75, 3.05) is 24.7 Å². The maximum atomic E-state index is 10.8. The fourth-order valence-electron chi connectivity index (χ4n) is 2.31. The molecule has 0 rings (SSSR count). The van der Waals surface area contributed by atoms with E-state index in [1.165, 1.54) is 25.7 Å². The number of hydrogen-bond acceptors (Lipinski definition) is 6. The minimum Gasteiger partial charge on any atom is -1.00 e. The van der Waals surface area contributed by atoms with Crippen LogP contribution in [0.1, 0.15) is 81.9 Å². The van der Waals surface area contributed by atoms with Crippen LogP contribution in [0.15, 0.2) is 0 Å². The Morgan fingerprint density at radius 2 is 1.11 bits per heavy atom. The molecule has 0 aromatic carbocycles. The number of esters is 2. The SMILES string of the molecule is CCCCC(CC)COC(=O)CS.CCCCC(CC)COC(=O)CS.[Ba+2].[H-].[H-]. The molecule has 0 radical (unpaired) electrons. The van der Waals surface area contributed by atoms with E-state index in [0.717, 1.165) is 25.7 Å². The molecule has 0 bridgehead atoms. The maximum absolute atomic E-state index is 10.8. The minimum atomic E-state index is -0.210. The van der Waals surface area contributed by atoms with Gasteiger partial charge in [-0.25, -0.2) is 0 Å². The first-order valence-electron chi connectivity index (χ1n) is 10.0. The Balaban J connectivity index is -0.000000120. The monoisotopic (exact) mass is 548 g/mol. The second-order valence-electron chi connectivity index (χ2n) is 6.52. The van der Waals surface area contributed by atoms with Gasteiger partial charge < -0.3 is 12.3 Å². The van der Waals surface area contributed by atoms with Gasteiger partial charge in [-0.15, -0.1) is 0 Å². The molecule has 0 aromatic heterocycles. The van der Waals surface area contributed by atoms with Gasteiger partial charge in [-0.05, 0) is 24.7 Å². The van der Waals surface area contributed by atoms with Gasteiger partial charge in [0.05, 0.1) is 24.7 Å². The number of carbonyl (C=O) groups is 2. The number of thiol groups is 2. The van der Waals surface area contributed by atoms with Crippen molar-refractivity contribution in [3.05, 3.63) is 0 Å². The van der Waals surface area contributed by atoms with Gasteiger partial charge in [0.15, 0.2) is 0 Å². The van der Waals surface area contributed by atoms with Crippen molar-refractivity contribution in [1.29, 1.82) is 0 Å². The second-order valence-corrected chi connectivity index (χ2v) is 7.15. The zero-order chi connectivity index (χ0) is 20.2. The van der Waals surface area contributed by atoms with E-state index < -0.39 is 0 Å². The van der Waals surface area contributed by atoms with Crippen molar-refractivity contribution in [1.82, 2.24) is 0 Å². The van der Waals surface area contributed by atoms with Crippen LogP contribution in [0.25, 0.3) is 0 Å². The summed E-state index contributed by atoms with van der Waals surface area (Å²) in [4.78, 5) is 21.6. The summed E-state index contributed by atoms with van der Waals surface area (Å²) in [5, 5.41) is 0. The van der Waals surface area contributed by atoms with Crippen molar-refractivity contribution in [2.24, 2.45) is 11.8 Å². The Bertz CT molecular complexity index is 322. The molecule has 0 aromatic rings. The number of hydrogen-bond donors (Lipinski definition) is 2. The Hall–Kier alpha value is 1.21. The summed E-state index contributed by atoms with van der Waals surface area (Å²) < 4.78 is 10.1. The van der Waals surface area contributed by atoms with Crippen LogP contribution in [0.2, 0.25) is 0 Å². The van der Waals surface area contributed by atoms with Gasteiger partial charge in [0, 0.05) is 0 Å². The van der Waals surface area contributed by atoms with Crippen LogP contribution in [0.4, 0.5) is 0 Å². The van der Waals surface area contributed by atoms with Gasteiger partial charge in [0.1, 0.15) is 0 Å². The van der Waals surface area contributed by atoms with E-state index in [-0.39, 0.29) is 75.2 Å². The molecule has 27 heavy (non-hydrogen) atoms. The second kappa shape index (κ2) is 25.2. The normalized spacial score (nSPS) is 12.1. The molecule has 0 amide bonds. The molecule has 0 aliphatic heterocycles. The largest absolute Gasteiger partial charge is 2.00 e. The zero-order valence-electron chi connectivity index (χ0n) is 19.9. The van der Waals surface area contributed by atoms with E-state index in [4.69, 9.17) is 9.47 Å². The smallest absolute Gasteiger partial charge is 1.00 e. The molecule has 0 aliphatic carbocycles. The Morgan fingerprint density at radius 3 is 1.33 bits per heavy atom. The molecule has 7 heteroatoms. The van der Waals surface area contributed by atoms with E-state index in [2.05, 4.69) is 53.0 Å². The Labute approximate surface area is 221 Å². The molecular formula is C20H42BaO4S2. The third-order valence-electron chi connectivity index (χ3n) is 4.30. The molecule has 4 nitrogen and oxygen atoms in total. The molecule has 0 N–H and O–H groups in total. The third kappa shape index (κ3) is 23.4. The van der Waals surface area contributed by atoms with Crippen LogP contribution in [-0.4, -0.2) is 85.5 Å². The summed E-state index contributed by atoms with van der Waals surface area (Å²) in [5.74, 6) is 1.01. The summed E-state index contributed by atoms with van der Waals surface area (Å²) in [6, 6.07) is 0. The maximum Gasteiger partial charge on any atom is 2.00 e. The fourth-order valence-corrected chi connectivity index (χ4v) is 2.49. The fraction of sp³-hybridized carbons (Fsp3) is 0.900. The summed E-state index contributed by atoms with van der Waals surface area (Å²) in [6.07, 6.45) is 9.33. The van der Waals surface area contributed by atoms with Crippen LogP contribution in [-0.2, 0) is 19.1 Å². The Kier molecular flexibility index (Phi) is 30.7. The van der Waals surface area contributed by atoms with Gasteiger partial charge in [-0.1, -0.05) is 66.2 Å². The zero-order valence-corrected chi connectivity index (χ0v) is 24.1. The van der Waals surface area contributed by atoms with Crippen molar-refractivity contribution in [3.8, 4) is 0 Å². The first kappa shape index (κ1) is 32.9. The average Bonchev–Trinajstić information content (AvgIpc) is 2.68. The summed E-state index contributed by atoms with van der Waals surface area (Å²) in [6.45, 7) is 9.74. The molecule has 0 fully saturated rings. The van der Waals surface area contributed by atoms with Crippen LogP contribution in [0, 0.1) is 11.8 Å². The van der Waals surface area contributed by atoms with Gasteiger partial charge >= 0.3 is 60.8 Å². The van der Waals surface area contributed by atoms with Crippen LogP contribution < -0.4 is 0 Å². The standard InChI is InChI=1S/2C10H20O2S.Ba.2H/c2*1-3-5-6-9(4-2)7-12-10(11)8-13;;;/h2*9,13H,3-8H2,1-2H3;;;/q;;+2;2*-1. The van der Waals surface area contributed by atoms with E-state index in [9.17, 15) is 9.59 Å². The molecule has 0 saturated heterocycles. The summed E-state index contributed by atoms with van der Waals surface area (Å²) in [7, 11) is 0. The van der Waals surface area contributed by atoms with Gasteiger partial charge in [0.2, 0.25) is 0 Å². The average molecular weight is 548 g/mol. The molecule has 2 atom stereocenters. The van der Waals surface area contributed by atoms with Gasteiger partial charge in [-0.3, -0.25) is 9.59 Å². The molecule has 0 heterocycles. The van der Waals surface area contributed by atoms with Crippen LogP contribution >= 0.6 is 25.3 Å². The van der Waals surface area contributed by atoms with E-state index in [1.54, 1.807) is 0 Å². The summed E-state index contributed by atoms with van der Waals surface area (Å²) in [5.41, 5.74) is 0. The number of carbonyl (C=O) groups excluding carboxylic acids is 2. The summed E-state index contributed by atoms with van der Waals surface area (Å²) >= 11 is 7.69. The van der Waals surface area contributed by atoms with Crippen LogP contribution in [0.3, 0.4) is 0 Å². The van der Waals surface area contributed by atoms with Crippen molar-refractivity contribution in [2.45, 2.75) is 79.1 Å². The first-order chi connectivity index (χ1) is 12.5. The van der Waals surface area contributed by atoms with Crippen molar-refractivity contribution < 1.29 is 21.9 Å². The van der Waals surface area contributed by atoms with E-state index >= 15 is 0 Å². The molecule has 0 saturated carbocycles. The van der Waals surface area contributed by atoms with E-state index in [0.29, 0.717) is 25.0 Å². The predicted molar refractivity (Wildman–Crippen MR) is 124 cm³/mol. The van der Waals surface area contributed by atoms with E-state index in [1.807, 2.05) is 0 Å².